The number of allylic oxidation sites excluding steroid dienone is 4. The van der Waals surface area contributed by atoms with Gasteiger partial charge in [0.2, 0.25) is 0 Å². The minimum atomic E-state index is -2.08. The largest absolute Gasteiger partial charge is 0.461 e. The first-order valence-electron chi connectivity index (χ1n) is 24.2. The number of rotatable bonds is 27. The standard InChI is InChI=1S/C52H88O10Si2/c1-16-22-32-51(61-48(54)30-29-47(53)56-36-17-2)34-35-52(60-46(51)28-25-41(8)38-49(55)57-37-18-3)33-31-42(9)44(59-52)26-23-40(7)24-27-45(62-63(14,15)50(11,12)13)43(10)39-58-64(19-4,20-5)21-6/h17-18,23-25,27-28,38,42-46H,2-3,16,19-22,26,29-37,39H2,1,4-15H3/b27-24+,28-25+,40-23+,41-38+/t42-,43?,44-,45?,46-,51+,52-/m0/s1. The van der Waals surface area contributed by atoms with Crippen molar-refractivity contribution in [1.82, 2.24) is 0 Å². The van der Waals surface area contributed by atoms with Gasteiger partial charge < -0.3 is 32.5 Å². The fourth-order valence-corrected chi connectivity index (χ4v) is 12.1. The summed E-state index contributed by atoms with van der Waals surface area (Å²) in [7, 11) is -3.83. The molecule has 10 nitrogen and oxygen atoms in total. The van der Waals surface area contributed by atoms with Gasteiger partial charge in [-0.15, -0.1) is 0 Å². The van der Waals surface area contributed by atoms with Gasteiger partial charge in [-0.2, -0.15) is 0 Å². The Balaban J connectivity index is 2.43. The number of esters is 3. The molecule has 2 unspecified atom stereocenters. The van der Waals surface area contributed by atoms with Crippen molar-refractivity contribution in [2.75, 3.05) is 19.8 Å². The van der Waals surface area contributed by atoms with E-state index >= 15 is 0 Å². The Morgan fingerprint density at radius 3 is 2.12 bits per heavy atom. The molecule has 0 amide bonds. The van der Waals surface area contributed by atoms with Gasteiger partial charge in [0.1, 0.15) is 24.9 Å². The Hall–Kier alpha value is -2.88. The fourth-order valence-electron chi connectivity index (χ4n) is 8.00. The summed E-state index contributed by atoms with van der Waals surface area (Å²) in [5, 5.41) is 0.0763. The van der Waals surface area contributed by atoms with Crippen LogP contribution in [0.15, 0.2) is 72.9 Å². The highest BCUT2D eigenvalue weighted by Crippen LogP contribution is 2.48. The molecule has 0 aliphatic carbocycles. The summed E-state index contributed by atoms with van der Waals surface area (Å²) in [6.45, 7) is 37.0. The quantitative estimate of drug-likeness (QED) is 0.0197. The van der Waals surface area contributed by atoms with Gasteiger partial charge >= 0.3 is 17.9 Å². The predicted octanol–water partition coefficient (Wildman–Crippen LogP) is 12.8. The van der Waals surface area contributed by atoms with E-state index in [1.807, 2.05) is 19.1 Å². The number of ether oxygens (including phenoxy) is 5. The number of carbonyl (C=O) groups excluding carboxylic acids is 3. The summed E-state index contributed by atoms with van der Waals surface area (Å²) in [6.07, 6.45) is 19.3. The van der Waals surface area contributed by atoms with Crippen LogP contribution in [0.3, 0.4) is 0 Å². The predicted molar refractivity (Wildman–Crippen MR) is 265 cm³/mol. The average molecular weight is 929 g/mol. The summed E-state index contributed by atoms with van der Waals surface area (Å²) in [4.78, 5) is 38.2. The van der Waals surface area contributed by atoms with E-state index in [2.05, 4.69) is 114 Å². The molecule has 0 aromatic carbocycles. The molecule has 0 aromatic heterocycles. The van der Waals surface area contributed by atoms with Crippen molar-refractivity contribution in [3.63, 3.8) is 0 Å². The highest BCUT2D eigenvalue weighted by molar-refractivity contribution is 6.74. The molecule has 2 aliphatic heterocycles. The SMILES string of the molecule is C=CCOC(=O)/C=C(C)/C=C/[C@@H]1O[C@@]2(CC[C@H](C)[C@H](C/C=C(C)/C=C/C(O[Si](C)(C)C(C)(C)C)C(C)CO[Si](CC)(CC)CC)O2)CC[C@@]1(CCCC)OC(=O)CCC(=O)OCC=C. The van der Waals surface area contributed by atoms with E-state index in [1.54, 1.807) is 0 Å². The van der Waals surface area contributed by atoms with E-state index in [9.17, 15) is 14.4 Å². The van der Waals surface area contributed by atoms with Crippen LogP contribution in [-0.4, -0.2) is 84.1 Å². The van der Waals surface area contributed by atoms with Crippen LogP contribution in [0.2, 0.25) is 36.3 Å². The van der Waals surface area contributed by atoms with Crippen LogP contribution in [0.4, 0.5) is 0 Å². The van der Waals surface area contributed by atoms with Crippen molar-refractivity contribution >= 4 is 34.5 Å². The van der Waals surface area contributed by atoms with Crippen LogP contribution in [0.1, 0.15) is 140 Å². The van der Waals surface area contributed by atoms with Crippen molar-refractivity contribution in [3.8, 4) is 0 Å². The van der Waals surface area contributed by atoms with Crippen molar-refractivity contribution in [2.45, 2.75) is 206 Å². The first kappa shape index (κ1) is 57.3. The minimum Gasteiger partial charge on any atom is -0.461 e. The minimum absolute atomic E-state index is 0.0697. The lowest BCUT2D eigenvalue weighted by molar-refractivity contribution is -0.344. The number of hydrogen-bond donors (Lipinski definition) is 0. The van der Waals surface area contributed by atoms with E-state index in [1.165, 1.54) is 18.2 Å². The Labute approximate surface area is 390 Å². The van der Waals surface area contributed by atoms with Crippen molar-refractivity contribution in [2.24, 2.45) is 11.8 Å². The maximum absolute atomic E-state index is 13.5. The second-order valence-corrected chi connectivity index (χ2v) is 29.4. The van der Waals surface area contributed by atoms with E-state index in [0.29, 0.717) is 50.2 Å². The molecule has 2 heterocycles. The van der Waals surface area contributed by atoms with Gasteiger partial charge in [-0.25, -0.2) is 4.79 Å². The zero-order chi connectivity index (χ0) is 48.2. The Morgan fingerprint density at radius 2 is 1.52 bits per heavy atom. The third-order valence-corrected chi connectivity index (χ3v) is 22.9. The van der Waals surface area contributed by atoms with Crippen molar-refractivity contribution in [1.29, 1.82) is 0 Å². The molecule has 0 aromatic rings. The van der Waals surface area contributed by atoms with Gasteiger partial charge in [-0.1, -0.05) is 130 Å². The van der Waals surface area contributed by atoms with Crippen molar-refractivity contribution < 1.29 is 46.9 Å². The maximum atomic E-state index is 13.5. The van der Waals surface area contributed by atoms with Gasteiger partial charge in [0, 0.05) is 31.4 Å². The first-order chi connectivity index (χ1) is 30.1. The summed E-state index contributed by atoms with van der Waals surface area (Å²) in [6, 6.07) is 3.37. The normalized spacial score (nSPS) is 24.7. The van der Waals surface area contributed by atoms with E-state index in [0.717, 1.165) is 43.0 Å². The topological polar surface area (TPSA) is 116 Å². The van der Waals surface area contributed by atoms with Crippen LogP contribution in [-0.2, 0) is 46.9 Å². The molecule has 2 fully saturated rings. The summed E-state index contributed by atoms with van der Waals surface area (Å²) in [5.41, 5.74) is 0.787. The smallest absolute Gasteiger partial charge is 0.331 e. The molecule has 364 valence electrons. The molecule has 2 aliphatic rings. The number of carbonyl (C=O) groups is 3. The average Bonchev–Trinajstić information content (AvgIpc) is 3.25. The molecule has 2 saturated heterocycles. The number of hydrogen-bond acceptors (Lipinski definition) is 10. The van der Waals surface area contributed by atoms with Crippen LogP contribution in [0, 0.1) is 11.8 Å². The van der Waals surface area contributed by atoms with Gasteiger partial charge in [-0.05, 0) is 93.7 Å². The molecule has 64 heavy (non-hydrogen) atoms. The first-order valence-corrected chi connectivity index (χ1v) is 29.7. The molecule has 0 N–H and O–H groups in total. The molecule has 7 atom stereocenters. The molecular formula is C52H88O10Si2. The second-order valence-electron chi connectivity index (χ2n) is 19.8. The fraction of sp³-hybridized carbons (Fsp3) is 0.712. The lowest BCUT2D eigenvalue weighted by atomic mass is 9.78. The zero-order valence-electron chi connectivity index (χ0n) is 42.3. The third-order valence-electron chi connectivity index (χ3n) is 13.8. The zero-order valence-corrected chi connectivity index (χ0v) is 44.3. The van der Waals surface area contributed by atoms with Crippen LogP contribution in [0.5, 0.6) is 0 Å². The van der Waals surface area contributed by atoms with Crippen LogP contribution in [0.25, 0.3) is 0 Å². The van der Waals surface area contributed by atoms with Crippen LogP contribution < -0.4 is 0 Å². The van der Waals surface area contributed by atoms with Gasteiger partial charge in [0.25, 0.3) is 0 Å². The Kier molecular flexibility index (Phi) is 24.2. The second kappa shape index (κ2) is 27.1. The van der Waals surface area contributed by atoms with Crippen LogP contribution >= 0.6 is 0 Å². The van der Waals surface area contributed by atoms with Gasteiger partial charge in [0.05, 0.1) is 25.0 Å². The molecule has 0 bridgehead atoms. The summed E-state index contributed by atoms with van der Waals surface area (Å²) < 4.78 is 44.6. The van der Waals surface area contributed by atoms with E-state index in [4.69, 9.17) is 32.5 Å². The molecule has 1 spiro atoms. The molecular weight excluding hydrogens is 841 g/mol. The number of unbranched alkanes of at least 4 members (excludes halogenated alkanes) is 1. The Morgan fingerprint density at radius 1 is 0.875 bits per heavy atom. The van der Waals surface area contributed by atoms with Crippen molar-refractivity contribution in [3.05, 3.63) is 72.9 Å². The van der Waals surface area contributed by atoms with Gasteiger partial charge in [0.15, 0.2) is 22.4 Å². The molecule has 2 rings (SSSR count). The van der Waals surface area contributed by atoms with E-state index < -0.39 is 52.0 Å². The lowest BCUT2D eigenvalue weighted by Crippen LogP contribution is -2.59. The third kappa shape index (κ3) is 18.1. The molecule has 0 radical (unpaired) electrons. The highest BCUT2D eigenvalue weighted by Gasteiger charge is 2.54. The molecule has 12 heteroatoms. The summed E-state index contributed by atoms with van der Waals surface area (Å²) in [5.74, 6) is -1.86. The summed E-state index contributed by atoms with van der Waals surface area (Å²) >= 11 is 0. The molecule has 0 saturated carbocycles. The van der Waals surface area contributed by atoms with E-state index in [-0.39, 0.29) is 49.2 Å². The monoisotopic (exact) mass is 929 g/mol. The Bertz CT molecular complexity index is 1610. The highest BCUT2D eigenvalue weighted by atomic mass is 28.4. The lowest BCUT2D eigenvalue weighted by Gasteiger charge is -2.53. The van der Waals surface area contributed by atoms with Gasteiger partial charge in [-0.3, -0.25) is 9.59 Å². The maximum Gasteiger partial charge on any atom is 0.331 e.